The molecule has 0 bridgehead atoms. The average molecular weight is 371 g/mol. The molecular formula is C21H29N3O3. The maximum Gasteiger partial charge on any atom is 0.255 e. The van der Waals surface area contributed by atoms with Gasteiger partial charge in [-0.15, -0.1) is 0 Å². The first kappa shape index (κ1) is 20.7. The molecule has 1 heterocycles. The lowest BCUT2D eigenvalue weighted by molar-refractivity contribution is -0.120. The van der Waals surface area contributed by atoms with E-state index in [1.54, 1.807) is 19.9 Å². The third-order valence-corrected chi connectivity index (χ3v) is 4.58. The first-order chi connectivity index (χ1) is 12.9. The van der Waals surface area contributed by atoms with Crippen LogP contribution in [0.3, 0.4) is 0 Å². The minimum absolute atomic E-state index is 0.0687. The molecule has 2 aromatic rings. The monoisotopic (exact) mass is 371 g/mol. The van der Waals surface area contributed by atoms with Gasteiger partial charge in [-0.3, -0.25) is 14.5 Å². The zero-order chi connectivity index (χ0) is 19.8. The molecule has 0 aliphatic heterocycles. The van der Waals surface area contributed by atoms with Gasteiger partial charge in [-0.2, -0.15) is 0 Å². The van der Waals surface area contributed by atoms with Gasteiger partial charge in [0.2, 0.25) is 5.91 Å². The van der Waals surface area contributed by atoms with Gasteiger partial charge >= 0.3 is 0 Å². The summed E-state index contributed by atoms with van der Waals surface area (Å²) in [7, 11) is 0. The van der Waals surface area contributed by atoms with Crippen LogP contribution in [0.4, 0.5) is 0 Å². The van der Waals surface area contributed by atoms with Crippen molar-refractivity contribution in [1.82, 2.24) is 15.5 Å². The molecule has 0 spiro atoms. The van der Waals surface area contributed by atoms with E-state index in [-0.39, 0.29) is 18.4 Å². The van der Waals surface area contributed by atoms with Crippen molar-refractivity contribution in [1.29, 1.82) is 0 Å². The van der Waals surface area contributed by atoms with Crippen molar-refractivity contribution in [2.24, 2.45) is 0 Å². The van der Waals surface area contributed by atoms with E-state index >= 15 is 0 Å². The molecule has 0 fully saturated rings. The van der Waals surface area contributed by atoms with Gasteiger partial charge in [-0.1, -0.05) is 38.1 Å². The summed E-state index contributed by atoms with van der Waals surface area (Å²) in [5.41, 5.74) is 2.75. The van der Waals surface area contributed by atoms with Crippen molar-refractivity contribution in [3.8, 4) is 0 Å². The molecule has 2 N–H and O–H groups in total. The lowest BCUT2D eigenvalue weighted by atomic mass is 10.1. The van der Waals surface area contributed by atoms with Crippen LogP contribution in [0.15, 0.2) is 34.7 Å². The van der Waals surface area contributed by atoms with Crippen LogP contribution in [0, 0.1) is 13.8 Å². The van der Waals surface area contributed by atoms with Crippen LogP contribution in [0.5, 0.6) is 0 Å². The smallest absolute Gasteiger partial charge is 0.255 e. The first-order valence-corrected chi connectivity index (χ1v) is 9.35. The van der Waals surface area contributed by atoms with E-state index in [4.69, 9.17) is 4.42 Å². The highest BCUT2D eigenvalue weighted by Crippen LogP contribution is 2.13. The number of nitrogens with one attached hydrogen (secondary N) is 2. The SMILES string of the molecule is CCN(CC)Cc1ccccc1CNC(=O)CNC(=O)c1cc(C)oc1C. The Bertz CT molecular complexity index is 779. The van der Waals surface area contributed by atoms with Crippen molar-refractivity contribution in [3.63, 3.8) is 0 Å². The number of aryl methyl sites for hydroxylation is 2. The van der Waals surface area contributed by atoms with Gasteiger partial charge in [0.25, 0.3) is 5.91 Å². The number of amides is 2. The minimum Gasteiger partial charge on any atom is -0.466 e. The number of carbonyl (C=O) groups excluding carboxylic acids is 2. The second-order valence-corrected chi connectivity index (χ2v) is 6.52. The third kappa shape index (κ3) is 5.96. The van der Waals surface area contributed by atoms with Crippen molar-refractivity contribution >= 4 is 11.8 Å². The Hall–Kier alpha value is -2.60. The Labute approximate surface area is 160 Å². The van der Waals surface area contributed by atoms with E-state index in [0.29, 0.717) is 23.6 Å². The van der Waals surface area contributed by atoms with Crippen LogP contribution in [0.25, 0.3) is 0 Å². The minimum atomic E-state index is -0.304. The van der Waals surface area contributed by atoms with Crippen LogP contribution >= 0.6 is 0 Å². The Morgan fingerprint density at radius 2 is 1.70 bits per heavy atom. The van der Waals surface area contributed by atoms with Crippen LogP contribution in [-0.4, -0.2) is 36.3 Å². The lowest BCUT2D eigenvalue weighted by Gasteiger charge is -2.20. The molecule has 0 unspecified atom stereocenters. The number of hydrogen-bond donors (Lipinski definition) is 2. The number of nitrogens with zero attached hydrogens (tertiary/aromatic N) is 1. The first-order valence-electron chi connectivity index (χ1n) is 9.35. The fraction of sp³-hybridized carbons (Fsp3) is 0.429. The largest absolute Gasteiger partial charge is 0.466 e. The van der Waals surface area contributed by atoms with Gasteiger partial charge in [-0.05, 0) is 44.1 Å². The zero-order valence-electron chi connectivity index (χ0n) is 16.6. The highest BCUT2D eigenvalue weighted by atomic mass is 16.3. The highest BCUT2D eigenvalue weighted by molar-refractivity contribution is 5.97. The van der Waals surface area contributed by atoms with Gasteiger partial charge < -0.3 is 15.1 Å². The Morgan fingerprint density at radius 1 is 1.04 bits per heavy atom. The quantitative estimate of drug-likeness (QED) is 0.711. The molecule has 2 amide bonds. The second-order valence-electron chi connectivity index (χ2n) is 6.52. The van der Waals surface area contributed by atoms with E-state index in [2.05, 4.69) is 35.4 Å². The summed E-state index contributed by atoms with van der Waals surface area (Å²) in [5.74, 6) is 0.697. The molecule has 6 nitrogen and oxygen atoms in total. The van der Waals surface area contributed by atoms with Crippen LogP contribution < -0.4 is 10.6 Å². The van der Waals surface area contributed by atoms with E-state index in [1.807, 2.05) is 18.2 Å². The Morgan fingerprint density at radius 3 is 2.30 bits per heavy atom. The zero-order valence-corrected chi connectivity index (χ0v) is 16.6. The number of benzene rings is 1. The Balaban J connectivity index is 1.87. The highest BCUT2D eigenvalue weighted by Gasteiger charge is 2.14. The van der Waals surface area contributed by atoms with Gasteiger partial charge in [0.1, 0.15) is 11.5 Å². The van der Waals surface area contributed by atoms with Crippen LogP contribution in [-0.2, 0) is 17.9 Å². The molecule has 146 valence electrons. The normalized spacial score (nSPS) is 10.9. The van der Waals surface area contributed by atoms with Crippen molar-refractivity contribution < 1.29 is 14.0 Å². The molecule has 27 heavy (non-hydrogen) atoms. The van der Waals surface area contributed by atoms with E-state index < -0.39 is 0 Å². The molecule has 0 aliphatic carbocycles. The molecule has 1 aromatic heterocycles. The predicted molar refractivity (Wildman–Crippen MR) is 105 cm³/mol. The summed E-state index contributed by atoms with van der Waals surface area (Å²) in [5, 5.41) is 5.51. The summed E-state index contributed by atoms with van der Waals surface area (Å²) in [4.78, 5) is 26.6. The predicted octanol–water partition coefficient (Wildman–Crippen LogP) is 2.78. The molecule has 2 rings (SSSR count). The number of carbonyl (C=O) groups is 2. The molecule has 6 heteroatoms. The maximum absolute atomic E-state index is 12.1. The fourth-order valence-corrected chi connectivity index (χ4v) is 2.94. The summed E-state index contributed by atoms with van der Waals surface area (Å²) in [6.45, 7) is 11.0. The Kier molecular flexibility index (Phi) is 7.61. The standard InChI is InChI=1S/C21H29N3O3/c1-5-24(6-2)14-18-10-8-7-9-17(18)12-22-20(25)13-23-21(26)19-11-15(3)27-16(19)4/h7-11H,5-6,12-14H2,1-4H3,(H,22,25)(H,23,26). The maximum atomic E-state index is 12.1. The molecule has 0 aliphatic rings. The van der Waals surface area contributed by atoms with Crippen molar-refractivity contribution in [2.75, 3.05) is 19.6 Å². The lowest BCUT2D eigenvalue weighted by Crippen LogP contribution is -2.37. The van der Waals surface area contributed by atoms with E-state index in [1.165, 1.54) is 5.56 Å². The van der Waals surface area contributed by atoms with E-state index in [9.17, 15) is 9.59 Å². The second kappa shape index (κ2) is 9.92. The molecule has 1 aromatic carbocycles. The van der Waals surface area contributed by atoms with Gasteiger partial charge in [0.05, 0.1) is 12.1 Å². The van der Waals surface area contributed by atoms with Crippen LogP contribution in [0.2, 0.25) is 0 Å². The van der Waals surface area contributed by atoms with Gasteiger partial charge in [0.15, 0.2) is 0 Å². The number of furan rings is 1. The summed E-state index contributed by atoms with van der Waals surface area (Å²) in [6, 6.07) is 9.77. The van der Waals surface area contributed by atoms with Gasteiger partial charge in [0, 0.05) is 13.1 Å². The third-order valence-electron chi connectivity index (χ3n) is 4.58. The van der Waals surface area contributed by atoms with Crippen molar-refractivity contribution in [2.45, 2.75) is 40.8 Å². The number of rotatable bonds is 9. The van der Waals surface area contributed by atoms with Crippen LogP contribution in [0.1, 0.15) is 46.9 Å². The molecule has 0 atom stereocenters. The topological polar surface area (TPSA) is 74.6 Å². The summed E-state index contributed by atoms with van der Waals surface area (Å²) >= 11 is 0. The molecular weight excluding hydrogens is 342 g/mol. The van der Waals surface area contributed by atoms with Gasteiger partial charge in [-0.25, -0.2) is 0 Å². The average Bonchev–Trinajstić information content (AvgIpc) is 3.01. The fourth-order valence-electron chi connectivity index (χ4n) is 2.94. The van der Waals surface area contributed by atoms with E-state index in [0.717, 1.165) is 25.2 Å². The summed E-state index contributed by atoms with van der Waals surface area (Å²) in [6.07, 6.45) is 0. The van der Waals surface area contributed by atoms with Crippen molar-refractivity contribution in [3.05, 3.63) is 58.5 Å². The molecule has 0 saturated carbocycles. The molecule has 0 saturated heterocycles. The number of hydrogen-bond acceptors (Lipinski definition) is 4. The molecule has 0 radical (unpaired) electrons. The summed E-state index contributed by atoms with van der Waals surface area (Å²) < 4.78 is 5.35.